The number of hydrogen-bond acceptors (Lipinski definition) is 4. The van der Waals surface area contributed by atoms with Crippen LogP contribution >= 0.6 is 0 Å². The van der Waals surface area contributed by atoms with Crippen LogP contribution in [-0.4, -0.2) is 19.4 Å². The molecule has 0 spiro atoms. The fourth-order valence-electron chi connectivity index (χ4n) is 1.56. The molecule has 88 valence electrons. The maximum absolute atomic E-state index is 11.9. The molecule has 5 nitrogen and oxygen atoms in total. The van der Waals surface area contributed by atoms with Crippen molar-refractivity contribution >= 4 is 15.8 Å². The Morgan fingerprint density at radius 1 is 1.50 bits per heavy atom. The lowest BCUT2D eigenvalue weighted by atomic mass is 10.2. The molecule has 0 saturated heterocycles. The second kappa shape index (κ2) is 4.03. The van der Waals surface area contributed by atoms with Crippen molar-refractivity contribution in [2.75, 3.05) is 5.73 Å². The fourth-order valence-corrected chi connectivity index (χ4v) is 2.81. The van der Waals surface area contributed by atoms with Gasteiger partial charge in [0.1, 0.15) is 10.7 Å². The highest BCUT2D eigenvalue weighted by molar-refractivity contribution is 7.89. The number of aromatic nitrogens is 1. The van der Waals surface area contributed by atoms with Crippen LogP contribution in [0.1, 0.15) is 19.8 Å². The summed E-state index contributed by atoms with van der Waals surface area (Å²) in [4.78, 5) is 3.93. The SMILES string of the molecule is CC(NS(=O)(=O)c1ccc(N)nc1)C1CC1. The van der Waals surface area contributed by atoms with Gasteiger partial charge in [-0.15, -0.1) is 0 Å². The van der Waals surface area contributed by atoms with Crippen molar-refractivity contribution in [3.8, 4) is 0 Å². The number of rotatable bonds is 4. The third kappa shape index (κ3) is 2.51. The molecule has 1 aliphatic rings. The number of anilines is 1. The van der Waals surface area contributed by atoms with Crippen molar-refractivity contribution in [2.24, 2.45) is 5.92 Å². The number of nitrogen functional groups attached to an aromatic ring is 1. The first-order valence-electron chi connectivity index (χ1n) is 5.23. The summed E-state index contributed by atoms with van der Waals surface area (Å²) in [6, 6.07) is 2.93. The summed E-state index contributed by atoms with van der Waals surface area (Å²) in [5.41, 5.74) is 5.40. The maximum atomic E-state index is 11.9. The van der Waals surface area contributed by atoms with Crippen LogP contribution in [0.4, 0.5) is 5.82 Å². The maximum Gasteiger partial charge on any atom is 0.242 e. The molecular formula is C10H15N3O2S. The molecule has 1 aromatic rings. The number of nitrogens with two attached hydrogens (primary N) is 1. The number of nitrogens with one attached hydrogen (secondary N) is 1. The lowest BCUT2D eigenvalue weighted by molar-refractivity contribution is 0.538. The van der Waals surface area contributed by atoms with Crippen LogP contribution in [0.2, 0.25) is 0 Å². The number of nitrogens with zero attached hydrogens (tertiary/aromatic N) is 1. The van der Waals surface area contributed by atoms with E-state index in [-0.39, 0.29) is 10.9 Å². The Hall–Kier alpha value is -1.14. The standard InChI is InChI=1S/C10H15N3O2S/c1-7(8-2-3-8)13-16(14,15)9-4-5-10(11)12-6-9/h4-8,13H,2-3H2,1H3,(H2,11,12). The van der Waals surface area contributed by atoms with Gasteiger partial charge in [0.15, 0.2) is 0 Å². The van der Waals surface area contributed by atoms with Gasteiger partial charge in [-0.05, 0) is 37.8 Å². The molecular weight excluding hydrogens is 226 g/mol. The highest BCUT2D eigenvalue weighted by Gasteiger charge is 2.31. The Labute approximate surface area is 95.1 Å². The molecule has 2 rings (SSSR count). The van der Waals surface area contributed by atoms with Crippen LogP contribution in [0, 0.1) is 5.92 Å². The monoisotopic (exact) mass is 241 g/mol. The zero-order valence-electron chi connectivity index (χ0n) is 9.05. The van der Waals surface area contributed by atoms with E-state index in [4.69, 9.17) is 5.73 Å². The van der Waals surface area contributed by atoms with Crippen molar-refractivity contribution in [2.45, 2.75) is 30.7 Å². The second-order valence-corrected chi connectivity index (χ2v) is 5.88. The number of hydrogen-bond donors (Lipinski definition) is 2. The third-order valence-electron chi connectivity index (χ3n) is 2.74. The number of pyridine rings is 1. The van der Waals surface area contributed by atoms with E-state index >= 15 is 0 Å². The van der Waals surface area contributed by atoms with E-state index < -0.39 is 10.0 Å². The van der Waals surface area contributed by atoms with E-state index in [1.165, 1.54) is 18.3 Å². The summed E-state index contributed by atoms with van der Waals surface area (Å²) in [7, 11) is -3.45. The van der Waals surface area contributed by atoms with Gasteiger partial charge in [0, 0.05) is 12.2 Å². The van der Waals surface area contributed by atoms with Crippen molar-refractivity contribution < 1.29 is 8.42 Å². The van der Waals surface area contributed by atoms with E-state index in [1.807, 2.05) is 6.92 Å². The Morgan fingerprint density at radius 2 is 2.19 bits per heavy atom. The molecule has 6 heteroatoms. The molecule has 1 fully saturated rings. The Bertz CT molecular complexity index is 465. The molecule has 16 heavy (non-hydrogen) atoms. The molecule has 0 radical (unpaired) electrons. The van der Waals surface area contributed by atoms with Crippen LogP contribution in [-0.2, 0) is 10.0 Å². The van der Waals surface area contributed by atoms with Gasteiger partial charge in [-0.1, -0.05) is 0 Å². The molecule has 1 saturated carbocycles. The molecule has 1 heterocycles. The first-order chi connectivity index (χ1) is 7.49. The molecule has 1 aromatic heterocycles. The second-order valence-electron chi connectivity index (χ2n) is 4.17. The molecule has 0 aliphatic heterocycles. The van der Waals surface area contributed by atoms with Gasteiger partial charge in [0.25, 0.3) is 0 Å². The van der Waals surface area contributed by atoms with E-state index in [2.05, 4.69) is 9.71 Å². The van der Waals surface area contributed by atoms with Gasteiger partial charge in [-0.3, -0.25) is 0 Å². The van der Waals surface area contributed by atoms with Crippen LogP contribution in [0.3, 0.4) is 0 Å². The van der Waals surface area contributed by atoms with Crippen LogP contribution in [0.15, 0.2) is 23.2 Å². The molecule has 1 aliphatic carbocycles. The minimum atomic E-state index is -3.45. The van der Waals surface area contributed by atoms with Crippen LogP contribution in [0.25, 0.3) is 0 Å². The van der Waals surface area contributed by atoms with Gasteiger partial charge in [0.2, 0.25) is 10.0 Å². The Kier molecular flexibility index (Phi) is 2.86. The summed E-state index contributed by atoms with van der Waals surface area (Å²) < 4.78 is 26.4. The van der Waals surface area contributed by atoms with Crippen LogP contribution in [0.5, 0.6) is 0 Å². The van der Waals surface area contributed by atoms with E-state index in [9.17, 15) is 8.42 Å². The van der Waals surface area contributed by atoms with Gasteiger partial charge < -0.3 is 5.73 Å². The van der Waals surface area contributed by atoms with Gasteiger partial charge in [-0.25, -0.2) is 18.1 Å². The van der Waals surface area contributed by atoms with Crippen molar-refractivity contribution in [1.82, 2.24) is 9.71 Å². The lowest BCUT2D eigenvalue weighted by Crippen LogP contribution is -2.34. The smallest absolute Gasteiger partial charge is 0.242 e. The number of sulfonamides is 1. The minimum Gasteiger partial charge on any atom is -0.384 e. The topological polar surface area (TPSA) is 85.1 Å². The largest absolute Gasteiger partial charge is 0.384 e. The van der Waals surface area contributed by atoms with E-state index in [0.29, 0.717) is 11.7 Å². The average molecular weight is 241 g/mol. The first kappa shape index (κ1) is 11.3. The summed E-state index contributed by atoms with van der Waals surface area (Å²) in [6.45, 7) is 1.89. The lowest BCUT2D eigenvalue weighted by Gasteiger charge is -2.12. The normalized spacial score (nSPS) is 18.3. The third-order valence-corrected chi connectivity index (χ3v) is 4.28. The molecule has 0 amide bonds. The quantitative estimate of drug-likeness (QED) is 0.814. The van der Waals surface area contributed by atoms with Crippen molar-refractivity contribution in [3.05, 3.63) is 18.3 Å². The average Bonchev–Trinajstić information content (AvgIpc) is 3.00. The Balaban J connectivity index is 2.14. The minimum absolute atomic E-state index is 0.0115. The molecule has 1 unspecified atom stereocenters. The summed E-state index contributed by atoms with van der Waals surface area (Å²) >= 11 is 0. The summed E-state index contributed by atoms with van der Waals surface area (Å²) in [5, 5.41) is 0. The zero-order chi connectivity index (χ0) is 11.8. The van der Waals surface area contributed by atoms with Crippen molar-refractivity contribution in [1.29, 1.82) is 0 Å². The first-order valence-corrected chi connectivity index (χ1v) is 6.71. The van der Waals surface area contributed by atoms with E-state index in [1.54, 1.807) is 0 Å². The molecule has 0 bridgehead atoms. The summed E-state index contributed by atoms with van der Waals surface area (Å²) in [5.74, 6) is 0.797. The highest BCUT2D eigenvalue weighted by atomic mass is 32.2. The molecule has 1 atom stereocenters. The predicted octanol–water partition coefficient (Wildman–Crippen LogP) is 0.741. The Morgan fingerprint density at radius 3 is 2.69 bits per heavy atom. The highest BCUT2D eigenvalue weighted by Crippen LogP contribution is 2.32. The van der Waals surface area contributed by atoms with Crippen molar-refractivity contribution in [3.63, 3.8) is 0 Å². The van der Waals surface area contributed by atoms with Gasteiger partial charge in [-0.2, -0.15) is 0 Å². The molecule has 0 aromatic carbocycles. The molecule has 3 N–H and O–H groups in total. The van der Waals surface area contributed by atoms with Crippen LogP contribution < -0.4 is 10.5 Å². The zero-order valence-corrected chi connectivity index (χ0v) is 9.87. The van der Waals surface area contributed by atoms with E-state index in [0.717, 1.165) is 12.8 Å². The van der Waals surface area contributed by atoms with Gasteiger partial charge >= 0.3 is 0 Å². The fraction of sp³-hybridized carbons (Fsp3) is 0.500. The summed E-state index contributed by atoms with van der Waals surface area (Å²) in [6.07, 6.45) is 3.48. The van der Waals surface area contributed by atoms with Gasteiger partial charge in [0.05, 0.1) is 0 Å². The predicted molar refractivity (Wildman–Crippen MR) is 61.2 cm³/mol.